The third kappa shape index (κ3) is 2.64. The molecule has 0 saturated carbocycles. The third-order valence-corrected chi connectivity index (χ3v) is 2.63. The van der Waals surface area contributed by atoms with E-state index in [9.17, 15) is 9.90 Å². The Morgan fingerprint density at radius 2 is 1.75 bits per heavy atom. The molecule has 2 aromatic carbocycles. The fraction of sp³-hybridized carbons (Fsp3) is 0.154. The molecule has 2 nitrogen and oxygen atoms in total. The molecule has 0 bridgehead atoms. The Labute approximate surface area is 117 Å². The molecule has 0 heterocycles. The van der Waals surface area contributed by atoms with Crippen molar-refractivity contribution in [2.24, 2.45) is 0 Å². The number of hydrogen-bond donors (Lipinski definition) is 0. The van der Waals surface area contributed by atoms with Crippen LogP contribution >= 0.6 is 0 Å². The number of carbonyl (C=O) groups is 1. The standard InChI is InChI=1S/C13H12O2.Na/c1-9(13(14)15)11-7-6-10-4-2-3-5-12(10)8-11;/h2-9H,1H3,(H,14,15);/q;+1/p-1/t9-;/m1./s1. The Hall–Kier alpha value is -0.830. The topological polar surface area (TPSA) is 40.1 Å². The van der Waals surface area contributed by atoms with Crippen LogP contribution in [-0.4, -0.2) is 5.97 Å². The molecule has 16 heavy (non-hydrogen) atoms. The van der Waals surface area contributed by atoms with Gasteiger partial charge in [-0.2, -0.15) is 0 Å². The molecule has 0 spiro atoms. The number of carbonyl (C=O) groups excluding carboxylic acids is 1. The van der Waals surface area contributed by atoms with E-state index in [4.69, 9.17) is 0 Å². The minimum absolute atomic E-state index is 0. The first-order valence-corrected chi connectivity index (χ1v) is 4.88. The van der Waals surface area contributed by atoms with Gasteiger partial charge in [0.2, 0.25) is 0 Å². The van der Waals surface area contributed by atoms with E-state index in [1.807, 2.05) is 42.5 Å². The van der Waals surface area contributed by atoms with Crippen LogP contribution in [0.25, 0.3) is 10.8 Å². The van der Waals surface area contributed by atoms with E-state index in [2.05, 4.69) is 0 Å². The molecule has 0 aliphatic carbocycles. The Balaban J connectivity index is 0.00000128. The quantitative estimate of drug-likeness (QED) is 0.592. The van der Waals surface area contributed by atoms with Gasteiger partial charge < -0.3 is 9.90 Å². The van der Waals surface area contributed by atoms with Crippen LogP contribution in [0.5, 0.6) is 0 Å². The summed E-state index contributed by atoms with van der Waals surface area (Å²) < 4.78 is 0. The van der Waals surface area contributed by atoms with Crippen molar-refractivity contribution in [3.8, 4) is 0 Å². The van der Waals surface area contributed by atoms with Crippen LogP contribution in [0.15, 0.2) is 42.5 Å². The van der Waals surface area contributed by atoms with Gasteiger partial charge in [-0.15, -0.1) is 0 Å². The van der Waals surface area contributed by atoms with Crippen molar-refractivity contribution in [2.45, 2.75) is 12.8 Å². The van der Waals surface area contributed by atoms with Crippen LogP contribution in [0.2, 0.25) is 0 Å². The number of carboxylic acids is 1. The van der Waals surface area contributed by atoms with Crippen LogP contribution < -0.4 is 34.7 Å². The van der Waals surface area contributed by atoms with Crippen molar-refractivity contribution >= 4 is 16.7 Å². The molecule has 0 radical (unpaired) electrons. The molecule has 0 N–H and O–H groups in total. The van der Waals surface area contributed by atoms with Crippen LogP contribution in [0, 0.1) is 0 Å². The van der Waals surface area contributed by atoms with Crippen LogP contribution in [0.3, 0.4) is 0 Å². The van der Waals surface area contributed by atoms with Gasteiger partial charge in [-0.3, -0.25) is 0 Å². The summed E-state index contributed by atoms with van der Waals surface area (Å²) in [4.78, 5) is 10.7. The van der Waals surface area contributed by atoms with Crippen molar-refractivity contribution in [3.63, 3.8) is 0 Å². The van der Waals surface area contributed by atoms with Crippen molar-refractivity contribution in [1.82, 2.24) is 0 Å². The summed E-state index contributed by atoms with van der Waals surface area (Å²) in [6.07, 6.45) is 0. The number of hydrogen-bond acceptors (Lipinski definition) is 2. The van der Waals surface area contributed by atoms with Crippen LogP contribution in [0.1, 0.15) is 18.4 Å². The summed E-state index contributed by atoms with van der Waals surface area (Å²) >= 11 is 0. The number of fused-ring (bicyclic) bond motifs is 1. The normalized spacial score (nSPS) is 11.8. The van der Waals surface area contributed by atoms with E-state index in [0.717, 1.165) is 16.3 Å². The third-order valence-electron chi connectivity index (χ3n) is 2.63. The minimum Gasteiger partial charge on any atom is -0.550 e. The van der Waals surface area contributed by atoms with Crippen molar-refractivity contribution < 1.29 is 39.5 Å². The minimum atomic E-state index is -1.04. The Kier molecular flexibility index (Phi) is 4.54. The Morgan fingerprint density at radius 1 is 1.12 bits per heavy atom. The molecule has 76 valence electrons. The maximum absolute atomic E-state index is 10.7. The average Bonchev–Trinajstić information content (AvgIpc) is 2.27. The monoisotopic (exact) mass is 222 g/mol. The van der Waals surface area contributed by atoms with Gasteiger partial charge in [-0.1, -0.05) is 49.4 Å². The maximum atomic E-state index is 10.7. The molecule has 0 unspecified atom stereocenters. The molecule has 3 heteroatoms. The summed E-state index contributed by atoms with van der Waals surface area (Å²) in [5, 5.41) is 12.9. The average molecular weight is 222 g/mol. The second-order valence-electron chi connectivity index (χ2n) is 3.65. The fourth-order valence-corrected chi connectivity index (χ4v) is 1.61. The first-order chi connectivity index (χ1) is 7.18. The van der Waals surface area contributed by atoms with E-state index >= 15 is 0 Å². The molecule has 0 amide bonds. The van der Waals surface area contributed by atoms with E-state index in [1.165, 1.54) is 0 Å². The molecule has 2 rings (SSSR count). The van der Waals surface area contributed by atoms with Crippen molar-refractivity contribution in [3.05, 3.63) is 48.0 Å². The number of rotatable bonds is 2. The Morgan fingerprint density at radius 3 is 2.38 bits per heavy atom. The molecular formula is C13H11NaO2. The zero-order valence-electron chi connectivity index (χ0n) is 9.44. The number of aliphatic carboxylic acids is 1. The van der Waals surface area contributed by atoms with E-state index in [1.54, 1.807) is 6.92 Å². The van der Waals surface area contributed by atoms with Crippen LogP contribution in [0.4, 0.5) is 0 Å². The summed E-state index contributed by atoms with van der Waals surface area (Å²) in [6, 6.07) is 13.5. The van der Waals surface area contributed by atoms with Gasteiger partial charge in [0, 0.05) is 11.9 Å². The molecule has 2 aromatic rings. The van der Waals surface area contributed by atoms with Crippen molar-refractivity contribution in [1.29, 1.82) is 0 Å². The predicted octanol–water partition coefficient (Wildman–Crippen LogP) is -1.30. The van der Waals surface area contributed by atoms with Gasteiger partial charge in [0.15, 0.2) is 0 Å². The van der Waals surface area contributed by atoms with Gasteiger partial charge in [0.1, 0.15) is 0 Å². The van der Waals surface area contributed by atoms with E-state index < -0.39 is 11.9 Å². The predicted molar refractivity (Wildman–Crippen MR) is 57.4 cm³/mol. The first-order valence-electron chi connectivity index (χ1n) is 4.88. The molecule has 0 aromatic heterocycles. The SMILES string of the molecule is C[C@@H](C(=O)[O-])c1ccc2ccccc2c1.[Na+]. The van der Waals surface area contributed by atoms with Crippen LogP contribution in [-0.2, 0) is 4.79 Å². The largest absolute Gasteiger partial charge is 1.00 e. The second kappa shape index (κ2) is 5.48. The van der Waals surface area contributed by atoms with Crippen molar-refractivity contribution in [2.75, 3.05) is 0 Å². The number of benzene rings is 2. The molecule has 0 fully saturated rings. The molecule has 1 atom stereocenters. The zero-order valence-corrected chi connectivity index (χ0v) is 11.4. The summed E-state index contributed by atoms with van der Waals surface area (Å²) in [5.74, 6) is -1.60. The molecular weight excluding hydrogens is 211 g/mol. The Bertz CT molecular complexity index is 508. The van der Waals surface area contributed by atoms with Gasteiger partial charge >= 0.3 is 29.6 Å². The van der Waals surface area contributed by atoms with Gasteiger partial charge in [-0.25, -0.2) is 0 Å². The summed E-state index contributed by atoms with van der Waals surface area (Å²) in [5.41, 5.74) is 0.786. The first kappa shape index (κ1) is 13.2. The van der Waals surface area contributed by atoms with Gasteiger partial charge in [0.05, 0.1) is 0 Å². The van der Waals surface area contributed by atoms with E-state index in [-0.39, 0.29) is 29.6 Å². The molecule has 0 aliphatic rings. The smallest absolute Gasteiger partial charge is 0.550 e. The van der Waals surface area contributed by atoms with Gasteiger partial charge in [0.25, 0.3) is 0 Å². The zero-order chi connectivity index (χ0) is 10.8. The maximum Gasteiger partial charge on any atom is 1.00 e. The van der Waals surface area contributed by atoms with Gasteiger partial charge in [-0.05, 0) is 16.3 Å². The fourth-order valence-electron chi connectivity index (χ4n) is 1.61. The second-order valence-corrected chi connectivity index (χ2v) is 3.65. The molecule has 0 aliphatic heterocycles. The summed E-state index contributed by atoms with van der Waals surface area (Å²) in [6.45, 7) is 1.64. The number of carboxylic acid groups (broad SMARTS) is 1. The summed E-state index contributed by atoms with van der Waals surface area (Å²) in [7, 11) is 0. The van der Waals surface area contributed by atoms with E-state index in [0.29, 0.717) is 0 Å². The molecule has 0 saturated heterocycles.